The Balaban J connectivity index is 1.79. The first-order valence-corrected chi connectivity index (χ1v) is 10.9. The average Bonchev–Trinajstić information content (AvgIpc) is 3.04. The molecule has 0 saturated heterocycles. The van der Waals surface area contributed by atoms with Crippen LogP contribution in [0.3, 0.4) is 0 Å². The zero-order valence-electron chi connectivity index (χ0n) is 19.0. The summed E-state index contributed by atoms with van der Waals surface area (Å²) < 4.78 is 10.6. The van der Waals surface area contributed by atoms with Gasteiger partial charge in [-0.3, -0.25) is 4.79 Å². The SMILES string of the molecule is CC(C)(C)OC(=O)N[C@H](Cc1ccccc1)C(=O)C1=C(O)[C@H](CCc2ccccc2)OC1=O. The van der Waals surface area contributed by atoms with Gasteiger partial charge >= 0.3 is 12.1 Å². The van der Waals surface area contributed by atoms with Crippen molar-refractivity contribution in [3.63, 3.8) is 0 Å². The summed E-state index contributed by atoms with van der Waals surface area (Å²) in [6, 6.07) is 17.5. The van der Waals surface area contributed by atoms with Crippen LogP contribution in [0.15, 0.2) is 72.0 Å². The number of carbonyl (C=O) groups excluding carboxylic acids is 3. The fraction of sp³-hybridized carbons (Fsp3) is 0.346. The van der Waals surface area contributed by atoms with Crippen LogP contribution < -0.4 is 5.32 Å². The molecule has 0 fully saturated rings. The van der Waals surface area contributed by atoms with Gasteiger partial charge in [0.1, 0.15) is 11.2 Å². The number of esters is 1. The molecular weight excluding hydrogens is 422 g/mol. The topological polar surface area (TPSA) is 102 Å². The van der Waals surface area contributed by atoms with Gasteiger partial charge in [0, 0.05) is 6.42 Å². The highest BCUT2D eigenvalue weighted by Gasteiger charge is 2.41. The predicted octanol–water partition coefficient (Wildman–Crippen LogP) is 4.06. The van der Waals surface area contributed by atoms with Crippen LogP contribution >= 0.6 is 0 Å². The van der Waals surface area contributed by atoms with Crippen molar-refractivity contribution in [3.8, 4) is 0 Å². The summed E-state index contributed by atoms with van der Waals surface area (Å²) in [5.74, 6) is -2.00. The normalized spacial score (nSPS) is 16.8. The van der Waals surface area contributed by atoms with E-state index in [1.165, 1.54) is 0 Å². The molecule has 7 heteroatoms. The summed E-state index contributed by atoms with van der Waals surface area (Å²) in [6.07, 6.45) is -0.674. The zero-order valence-corrected chi connectivity index (χ0v) is 19.0. The average molecular weight is 452 g/mol. The molecule has 0 spiro atoms. The molecule has 3 rings (SSSR count). The molecule has 1 aliphatic rings. The van der Waals surface area contributed by atoms with Crippen LogP contribution in [0.25, 0.3) is 0 Å². The summed E-state index contributed by atoms with van der Waals surface area (Å²) in [4.78, 5) is 38.2. The van der Waals surface area contributed by atoms with Gasteiger partial charge in [-0.1, -0.05) is 60.7 Å². The van der Waals surface area contributed by atoms with Crippen molar-refractivity contribution in [1.29, 1.82) is 0 Å². The third-order valence-electron chi connectivity index (χ3n) is 5.09. The van der Waals surface area contributed by atoms with Crippen molar-refractivity contribution in [1.82, 2.24) is 5.32 Å². The Morgan fingerprint density at radius 2 is 1.61 bits per heavy atom. The molecule has 0 unspecified atom stereocenters. The fourth-order valence-corrected chi connectivity index (χ4v) is 3.56. The molecule has 2 N–H and O–H groups in total. The van der Waals surface area contributed by atoms with Gasteiger partial charge in [0.25, 0.3) is 0 Å². The second-order valence-corrected chi connectivity index (χ2v) is 8.93. The largest absolute Gasteiger partial charge is 0.507 e. The number of ether oxygens (including phenoxy) is 2. The second kappa shape index (κ2) is 10.3. The van der Waals surface area contributed by atoms with Crippen LogP contribution in [0.2, 0.25) is 0 Å². The molecule has 174 valence electrons. The van der Waals surface area contributed by atoms with Gasteiger partial charge in [-0.05, 0) is 44.7 Å². The summed E-state index contributed by atoms with van der Waals surface area (Å²) in [7, 11) is 0. The highest BCUT2D eigenvalue weighted by atomic mass is 16.6. The van der Waals surface area contributed by atoms with E-state index in [0.717, 1.165) is 11.1 Å². The van der Waals surface area contributed by atoms with E-state index in [2.05, 4.69) is 5.32 Å². The number of benzene rings is 2. The third kappa shape index (κ3) is 6.68. The van der Waals surface area contributed by atoms with Crippen molar-refractivity contribution >= 4 is 17.8 Å². The fourth-order valence-electron chi connectivity index (χ4n) is 3.56. The van der Waals surface area contributed by atoms with E-state index in [9.17, 15) is 19.5 Å². The van der Waals surface area contributed by atoms with Gasteiger partial charge in [0.05, 0.1) is 6.04 Å². The molecule has 33 heavy (non-hydrogen) atoms. The number of Topliss-reactive ketones (excluding diaryl/α,β-unsaturated/α-hetero) is 1. The summed E-state index contributed by atoms with van der Waals surface area (Å²) >= 11 is 0. The number of carbonyl (C=O) groups is 3. The smallest absolute Gasteiger partial charge is 0.408 e. The zero-order chi connectivity index (χ0) is 24.0. The highest BCUT2D eigenvalue weighted by Crippen LogP contribution is 2.26. The standard InChI is InChI=1S/C26H29NO6/c1-26(2,3)33-25(31)27-19(16-18-12-8-5-9-13-18)22(28)21-23(29)20(32-24(21)30)15-14-17-10-6-4-7-11-17/h4-13,19-20,29H,14-16H2,1-3H3,(H,27,31)/t19-,20+/m1/s1. The van der Waals surface area contributed by atoms with E-state index >= 15 is 0 Å². The van der Waals surface area contributed by atoms with Gasteiger partial charge in [-0.25, -0.2) is 9.59 Å². The van der Waals surface area contributed by atoms with E-state index in [1.54, 1.807) is 32.9 Å². The van der Waals surface area contributed by atoms with Gasteiger partial charge in [-0.2, -0.15) is 0 Å². The van der Waals surface area contributed by atoms with Crippen molar-refractivity contribution in [3.05, 3.63) is 83.1 Å². The first-order chi connectivity index (χ1) is 15.6. The Kier molecular flexibility index (Phi) is 7.53. The van der Waals surface area contributed by atoms with Crippen LogP contribution in [-0.2, 0) is 31.9 Å². The van der Waals surface area contributed by atoms with Crippen LogP contribution in [-0.4, -0.2) is 40.7 Å². The molecule has 0 aromatic heterocycles. The second-order valence-electron chi connectivity index (χ2n) is 8.93. The van der Waals surface area contributed by atoms with Crippen LogP contribution in [0.4, 0.5) is 4.79 Å². The number of cyclic esters (lactones) is 1. The molecule has 2 aromatic rings. The Morgan fingerprint density at radius 3 is 2.18 bits per heavy atom. The molecule has 2 aromatic carbocycles. The molecule has 1 aliphatic heterocycles. The van der Waals surface area contributed by atoms with E-state index < -0.39 is 46.9 Å². The number of ketones is 1. The van der Waals surface area contributed by atoms with Crippen LogP contribution in [0, 0.1) is 0 Å². The Bertz CT molecular complexity index is 1020. The Labute approximate surface area is 193 Å². The summed E-state index contributed by atoms with van der Waals surface area (Å²) in [6.45, 7) is 5.13. The number of aryl methyl sites for hydroxylation is 1. The lowest BCUT2D eigenvalue weighted by Crippen LogP contribution is -2.46. The van der Waals surface area contributed by atoms with Gasteiger partial charge in [0.2, 0.25) is 0 Å². The number of amides is 1. The number of rotatable bonds is 8. The van der Waals surface area contributed by atoms with Crippen LogP contribution in [0.1, 0.15) is 38.3 Å². The van der Waals surface area contributed by atoms with Crippen molar-refractivity contribution in [2.45, 2.75) is 57.8 Å². The lowest BCUT2D eigenvalue weighted by atomic mass is 9.96. The monoisotopic (exact) mass is 451 g/mol. The minimum atomic E-state index is -1.11. The minimum absolute atomic E-state index is 0.123. The molecule has 0 aliphatic carbocycles. The molecule has 0 radical (unpaired) electrons. The van der Waals surface area contributed by atoms with E-state index in [1.807, 2.05) is 48.5 Å². The quantitative estimate of drug-likeness (QED) is 0.464. The number of hydrogen-bond acceptors (Lipinski definition) is 6. The molecule has 1 heterocycles. The number of aliphatic hydroxyl groups excluding tert-OH is 1. The predicted molar refractivity (Wildman–Crippen MR) is 123 cm³/mol. The maximum Gasteiger partial charge on any atom is 0.408 e. The minimum Gasteiger partial charge on any atom is -0.507 e. The van der Waals surface area contributed by atoms with Crippen molar-refractivity contribution < 1.29 is 29.0 Å². The molecule has 2 atom stereocenters. The Morgan fingerprint density at radius 1 is 1.03 bits per heavy atom. The van der Waals surface area contributed by atoms with E-state index in [0.29, 0.717) is 12.8 Å². The molecule has 0 bridgehead atoms. The first-order valence-electron chi connectivity index (χ1n) is 10.9. The molecule has 1 amide bonds. The first kappa shape index (κ1) is 24.0. The molecule has 0 saturated carbocycles. The van der Waals surface area contributed by atoms with Crippen LogP contribution in [0.5, 0.6) is 0 Å². The number of nitrogens with one attached hydrogen (secondary N) is 1. The van der Waals surface area contributed by atoms with Gasteiger partial charge < -0.3 is 19.9 Å². The van der Waals surface area contributed by atoms with Crippen molar-refractivity contribution in [2.75, 3.05) is 0 Å². The maximum absolute atomic E-state index is 13.3. The summed E-state index contributed by atoms with van der Waals surface area (Å²) in [5, 5.41) is 13.2. The number of hydrogen-bond donors (Lipinski definition) is 2. The Hall–Kier alpha value is -3.61. The highest BCUT2D eigenvalue weighted by molar-refractivity contribution is 6.21. The van der Waals surface area contributed by atoms with E-state index in [-0.39, 0.29) is 6.42 Å². The lowest BCUT2D eigenvalue weighted by Gasteiger charge is -2.23. The third-order valence-corrected chi connectivity index (χ3v) is 5.09. The lowest BCUT2D eigenvalue weighted by molar-refractivity contribution is -0.141. The number of aliphatic hydroxyl groups is 1. The molecular formula is C26H29NO6. The maximum atomic E-state index is 13.3. The van der Waals surface area contributed by atoms with E-state index in [4.69, 9.17) is 9.47 Å². The number of alkyl carbamates (subject to hydrolysis) is 1. The van der Waals surface area contributed by atoms with Gasteiger partial charge in [0.15, 0.2) is 17.6 Å². The van der Waals surface area contributed by atoms with Gasteiger partial charge in [-0.15, -0.1) is 0 Å². The summed E-state index contributed by atoms with van der Waals surface area (Å²) in [5.41, 5.74) is 0.611. The van der Waals surface area contributed by atoms with Crippen molar-refractivity contribution in [2.24, 2.45) is 0 Å². The molecule has 7 nitrogen and oxygen atoms in total.